The molecule has 0 fully saturated rings. The van der Waals surface area contributed by atoms with Crippen molar-refractivity contribution in [2.75, 3.05) is 0 Å². The highest BCUT2D eigenvalue weighted by Crippen LogP contribution is 2.44. The van der Waals surface area contributed by atoms with Crippen molar-refractivity contribution in [3.63, 3.8) is 0 Å². The van der Waals surface area contributed by atoms with Gasteiger partial charge in [-0.15, -0.1) is 30.9 Å². The van der Waals surface area contributed by atoms with Gasteiger partial charge in [0.1, 0.15) is 11.5 Å². The van der Waals surface area contributed by atoms with Crippen LogP contribution in [0.4, 0.5) is 0 Å². The molecule has 0 saturated carbocycles. The van der Waals surface area contributed by atoms with Crippen molar-refractivity contribution in [3.05, 3.63) is 41.4 Å². The topological polar surface area (TPSA) is 74.7 Å². The molecule has 0 radical (unpaired) electrons. The second kappa shape index (κ2) is 16.9. The number of aromatic nitrogens is 1. The van der Waals surface area contributed by atoms with E-state index in [4.69, 9.17) is 20.0 Å². The monoisotopic (exact) mass is 717 g/mol. The van der Waals surface area contributed by atoms with Gasteiger partial charge in [0.15, 0.2) is 16.6 Å². The summed E-state index contributed by atoms with van der Waals surface area (Å²) in [5, 5.41) is 2.46. The van der Waals surface area contributed by atoms with E-state index in [1.54, 1.807) is 6.08 Å². The van der Waals surface area contributed by atoms with Gasteiger partial charge < -0.3 is 13.6 Å². The summed E-state index contributed by atoms with van der Waals surface area (Å²) in [7, 11) is -4.70. The Labute approximate surface area is 300 Å². The second-order valence-electron chi connectivity index (χ2n) is 17.2. The third-order valence-corrected chi connectivity index (χ3v) is 20.5. The minimum Gasteiger partial charge on any atom is -0.439 e. The van der Waals surface area contributed by atoms with Crippen molar-refractivity contribution < 1.29 is 23.2 Å². The lowest BCUT2D eigenvalue weighted by Gasteiger charge is -2.46. The third-order valence-electron chi connectivity index (χ3n) is 10.8. The molecule has 1 aromatic heterocycles. The van der Waals surface area contributed by atoms with Gasteiger partial charge in [0.25, 0.3) is 0 Å². The van der Waals surface area contributed by atoms with Gasteiger partial charge in [0.2, 0.25) is 5.60 Å². The lowest BCUT2D eigenvalue weighted by atomic mass is 9.73. The maximum Gasteiger partial charge on any atom is 0.310 e. The van der Waals surface area contributed by atoms with Gasteiger partial charge in [-0.2, -0.15) is 0 Å². The van der Waals surface area contributed by atoms with Crippen molar-refractivity contribution in [2.45, 2.75) is 162 Å². The van der Waals surface area contributed by atoms with Crippen LogP contribution in [0.5, 0.6) is 0 Å². The molecule has 0 unspecified atom stereocenters. The molecular formula is C39H67NO5SSi2. The number of carbonyl (C=O) groups is 2. The van der Waals surface area contributed by atoms with E-state index in [2.05, 4.69) is 98.7 Å². The molecule has 0 N–H and O–H groups in total. The maximum atomic E-state index is 14.9. The van der Waals surface area contributed by atoms with E-state index in [0.29, 0.717) is 5.69 Å². The Bertz CT molecular complexity index is 1300. The van der Waals surface area contributed by atoms with Crippen LogP contribution in [-0.4, -0.2) is 45.6 Å². The first kappa shape index (κ1) is 44.2. The summed E-state index contributed by atoms with van der Waals surface area (Å²) in [6.45, 7) is 39.5. The number of allylic oxidation sites excluding steroid dienone is 1. The molecule has 1 heterocycles. The molecule has 48 heavy (non-hydrogen) atoms. The lowest BCUT2D eigenvalue weighted by molar-refractivity contribution is -0.160. The van der Waals surface area contributed by atoms with Crippen LogP contribution >= 0.6 is 11.3 Å². The molecule has 9 heteroatoms. The standard InChI is InChI=1S/C39H67NO5SSi2/c1-19-22-23-24-28(4)34(45-48(17,18)37(10,11)12)29(5)35(42)38(13,14)32(44-47(15,16)36(7,8)9)26-33(41)43-39(21-3,25-20-2)31-27-46-30(6)40-31/h3,19-20,27-29,32,34H,1-2,22-26H2,4-18H3/t28-,29+,32-,34-,39+/m0/s1. The number of ketones is 1. The number of esters is 1. The van der Waals surface area contributed by atoms with E-state index in [0.717, 1.165) is 24.3 Å². The number of nitrogens with zero attached hydrogens (tertiary/aromatic N) is 1. The minimum absolute atomic E-state index is 0.0164. The number of unbranched alkanes of at least 4 members (excludes halogenated alkanes) is 1. The van der Waals surface area contributed by atoms with E-state index in [1.165, 1.54) is 11.3 Å². The molecule has 0 aliphatic rings. The predicted octanol–water partition coefficient (Wildman–Crippen LogP) is 10.8. The highest BCUT2D eigenvalue weighted by Gasteiger charge is 2.50. The average molecular weight is 718 g/mol. The SMILES string of the molecule is C#C[C@](CC=C)(OC(=O)C[C@H](O[Si](C)(C)C(C)(C)C)C(C)(C)C(=O)[C@H](C)[C@@H](O[Si](C)(C)C(C)(C)C)[C@@H](C)CCCC=C)c1csc(C)n1. The van der Waals surface area contributed by atoms with Crippen molar-refractivity contribution in [1.29, 1.82) is 0 Å². The maximum absolute atomic E-state index is 14.9. The first-order valence-electron chi connectivity index (χ1n) is 17.5. The first-order valence-corrected chi connectivity index (χ1v) is 24.2. The van der Waals surface area contributed by atoms with Gasteiger partial charge >= 0.3 is 5.97 Å². The van der Waals surface area contributed by atoms with Crippen LogP contribution in [0, 0.1) is 36.5 Å². The molecule has 0 aliphatic carbocycles. The highest BCUT2D eigenvalue weighted by atomic mass is 32.1. The molecule has 5 atom stereocenters. The number of thiazole rings is 1. The number of Topliss-reactive ketones (excluding diaryl/α,β-unsaturated/α-hetero) is 1. The second-order valence-corrected chi connectivity index (χ2v) is 27.8. The summed E-state index contributed by atoms with van der Waals surface area (Å²) in [5.74, 6) is 1.89. The summed E-state index contributed by atoms with van der Waals surface area (Å²) in [4.78, 5) is 33.4. The molecule has 0 bridgehead atoms. The highest BCUT2D eigenvalue weighted by molar-refractivity contribution is 7.09. The Hall–Kier alpha value is -1.84. The number of hydrogen-bond acceptors (Lipinski definition) is 7. The minimum atomic E-state index is -2.46. The van der Waals surface area contributed by atoms with Crippen LogP contribution in [-0.2, 0) is 28.8 Å². The quantitative estimate of drug-likeness (QED) is 0.0466. The molecule has 0 amide bonds. The van der Waals surface area contributed by atoms with E-state index in [1.807, 2.05) is 39.2 Å². The molecule has 0 aliphatic heterocycles. The first-order chi connectivity index (χ1) is 21.7. The molecule has 0 spiro atoms. The van der Waals surface area contributed by atoms with Crippen LogP contribution in [0.25, 0.3) is 0 Å². The van der Waals surface area contributed by atoms with Crippen LogP contribution in [0.15, 0.2) is 30.7 Å². The third kappa shape index (κ3) is 11.1. The zero-order chi connectivity index (χ0) is 37.5. The fourth-order valence-electron chi connectivity index (χ4n) is 5.35. The number of ether oxygens (including phenoxy) is 1. The Kier molecular flexibility index (Phi) is 15.6. The number of rotatable bonds is 19. The van der Waals surface area contributed by atoms with Crippen molar-refractivity contribution in [3.8, 4) is 12.3 Å². The van der Waals surface area contributed by atoms with E-state index < -0.39 is 45.6 Å². The van der Waals surface area contributed by atoms with Gasteiger partial charge in [-0.05, 0) is 68.4 Å². The fourth-order valence-corrected chi connectivity index (χ4v) is 8.94. The van der Waals surface area contributed by atoms with Gasteiger partial charge in [0.05, 0.1) is 23.6 Å². The van der Waals surface area contributed by atoms with Crippen LogP contribution in [0.1, 0.15) is 112 Å². The van der Waals surface area contributed by atoms with Gasteiger partial charge in [0, 0.05) is 23.1 Å². The molecule has 272 valence electrons. The van der Waals surface area contributed by atoms with Crippen LogP contribution in [0.2, 0.25) is 36.3 Å². The molecule has 1 aromatic rings. The summed E-state index contributed by atoms with van der Waals surface area (Å²) >= 11 is 1.44. The summed E-state index contributed by atoms with van der Waals surface area (Å²) in [6.07, 6.45) is 11.5. The number of carbonyl (C=O) groups excluding carboxylic acids is 2. The zero-order valence-corrected chi connectivity index (χ0v) is 35.8. The summed E-state index contributed by atoms with van der Waals surface area (Å²) in [6, 6.07) is 0. The summed E-state index contributed by atoms with van der Waals surface area (Å²) < 4.78 is 20.2. The zero-order valence-electron chi connectivity index (χ0n) is 33.0. The molecule has 1 rings (SSSR count). The van der Waals surface area contributed by atoms with Gasteiger partial charge in [-0.1, -0.05) is 87.3 Å². The molecule has 0 saturated heterocycles. The smallest absolute Gasteiger partial charge is 0.310 e. The van der Waals surface area contributed by atoms with Crippen molar-refractivity contribution in [2.24, 2.45) is 17.3 Å². The molecule has 6 nitrogen and oxygen atoms in total. The Morgan fingerprint density at radius 2 is 1.52 bits per heavy atom. The van der Waals surface area contributed by atoms with Crippen molar-refractivity contribution >= 4 is 39.7 Å². The van der Waals surface area contributed by atoms with E-state index >= 15 is 0 Å². The number of aryl methyl sites for hydroxylation is 1. The van der Waals surface area contributed by atoms with Crippen molar-refractivity contribution in [1.82, 2.24) is 4.98 Å². The molecule has 0 aromatic carbocycles. The summed E-state index contributed by atoms with van der Waals surface area (Å²) in [5.41, 5.74) is -1.93. The Balaban J connectivity index is 3.65. The predicted molar refractivity (Wildman–Crippen MR) is 208 cm³/mol. The van der Waals surface area contributed by atoms with Gasteiger partial charge in [-0.3, -0.25) is 9.59 Å². The molecular weight excluding hydrogens is 651 g/mol. The fraction of sp³-hybridized carbons (Fsp3) is 0.718. The largest absolute Gasteiger partial charge is 0.439 e. The Morgan fingerprint density at radius 1 is 0.979 bits per heavy atom. The van der Waals surface area contributed by atoms with Gasteiger partial charge in [-0.25, -0.2) is 4.98 Å². The van der Waals surface area contributed by atoms with Crippen LogP contribution < -0.4 is 0 Å². The van der Waals surface area contributed by atoms with E-state index in [9.17, 15) is 9.59 Å². The normalized spacial score (nSPS) is 17.0. The van der Waals surface area contributed by atoms with E-state index in [-0.39, 0.29) is 40.7 Å². The number of terminal acetylenes is 1. The van der Waals surface area contributed by atoms with Crippen LogP contribution in [0.3, 0.4) is 0 Å². The Morgan fingerprint density at radius 3 is 1.96 bits per heavy atom. The average Bonchev–Trinajstić information content (AvgIpc) is 3.39. The lowest BCUT2D eigenvalue weighted by Crippen LogP contribution is -2.54. The number of hydrogen-bond donors (Lipinski definition) is 0.